The van der Waals surface area contributed by atoms with Gasteiger partial charge in [0.1, 0.15) is 40.1 Å². The molecule has 0 fully saturated rings. The number of fused-ring (bicyclic) bond motifs is 8. The van der Waals surface area contributed by atoms with Gasteiger partial charge in [0.25, 0.3) is 11.8 Å². The SMILES string of the molecule is CCC(=O)C(CCSSC(C)(C)CN(CCOCCOCCOC)c1cc(COc2cc3c(cc2C)C(=O)N2c4ccccc4C[C@H]2CC3)cc(COc2cc3c(cc2OC)C(=O)N2c4ccccc4C[C@H]2[CH-]C3)c1)S(=O)(=O)[O-].O=S(=O)=O.[Na+].[Na+]. The summed E-state index contributed by atoms with van der Waals surface area (Å²) in [5.41, 5.74) is 10.8. The first-order valence-corrected chi connectivity index (χ1v) is 32.4. The molecule has 18 nitrogen and oxygen atoms in total. The van der Waals surface area contributed by atoms with Crippen molar-refractivity contribution in [2.24, 2.45) is 0 Å². The Balaban J connectivity index is 0.00000187. The summed E-state index contributed by atoms with van der Waals surface area (Å²) in [7, 11) is -1.70. The molecule has 0 saturated heterocycles. The van der Waals surface area contributed by atoms with Crippen LogP contribution in [0, 0.1) is 13.3 Å². The quantitative estimate of drug-likeness (QED) is 0.0242. The number of para-hydroxylation sites is 2. The third-order valence-electron chi connectivity index (χ3n) is 15.0. The van der Waals surface area contributed by atoms with Crippen LogP contribution in [0.3, 0.4) is 0 Å². The van der Waals surface area contributed by atoms with E-state index in [0.717, 1.165) is 76.1 Å². The number of hydrogen-bond donors (Lipinski definition) is 0. The van der Waals surface area contributed by atoms with Gasteiger partial charge in [0.15, 0.2) is 11.5 Å². The molecule has 5 aromatic rings. The third kappa shape index (κ3) is 18.3. The molecule has 4 heterocycles. The number of methoxy groups -OCH3 is 2. The molecule has 5 aromatic carbocycles. The van der Waals surface area contributed by atoms with Gasteiger partial charge in [0.05, 0.1) is 40.1 Å². The third-order valence-corrected chi connectivity index (χ3v) is 19.5. The topological polar surface area (TPSA) is 225 Å². The number of amides is 2. The number of rotatable bonds is 27. The zero-order valence-corrected chi connectivity index (χ0v) is 56.9. The molecular formula is C61H71N3Na2O15S4. The number of ketones is 1. The van der Waals surface area contributed by atoms with Crippen LogP contribution in [0.5, 0.6) is 17.2 Å². The number of carbonyl (C=O) groups excluding carboxylic acids is 3. The van der Waals surface area contributed by atoms with Gasteiger partial charge >= 0.3 is 69.7 Å². The molecule has 2 amide bonds. The average Bonchev–Trinajstić information content (AvgIpc) is 2.00. The van der Waals surface area contributed by atoms with Crippen LogP contribution >= 0.6 is 21.6 Å². The zero-order valence-electron chi connectivity index (χ0n) is 49.6. The van der Waals surface area contributed by atoms with E-state index >= 15 is 0 Å². The average molecular weight is 1260 g/mol. The summed E-state index contributed by atoms with van der Waals surface area (Å²) in [6.07, 6.45) is 5.87. The second-order valence-electron chi connectivity index (χ2n) is 21.3. The summed E-state index contributed by atoms with van der Waals surface area (Å²) in [5, 5.41) is -1.57. The molecule has 0 N–H and O–H groups in total. The zero-order chi connectivity index (χ0) is 59.4. The van der Waals surface area contributed by atoms with Gasteiger partial charge in [0, 0.05) is 71.4 Å². The van der Waals surface area contributed by atoms with Gasteiger partial charge in [0.2, 0.25) is 0 Å². The van der Waals surface area contributed by atoms with E-state index in [1.165, 1.54) is 16.4 Å². The summed E-state index contributed by atoms with van der Waals surface area (Å²) in [4.78, 5) is 47.1. The maximum atomic E-state index is 14.3. The Bertz CT molecular complexity index is 3390. The van der Waals surface area contributed by atoms with Crippen molar-refractivity contribution >= 4 is 77.0 Å². The molecule has 4 aliphatic rings. The van der Waals surface area contributed by atoms with Gasteiger partial charge in [-0.2, -0.15) is 6.42 Å². The molecule has 1 unspecified atom stereocenters. The number of benzene rings is 5. The Kier molecular flexibility index (Phi) is 26.8. The minimum absolute atomic E-state index is 0. The summed E-state index contributed by atoms with van der Waals surface area (Å²) in [5.74, 6) is 1.31. The van der Waals surface area contributed by atoms with Crippen molar-refractivity contribution in [2.45, 2.75) is 108 Å². The van der Waals surface area contributed by atoms with Gasteiger partial charge in [-0.1, -0.05) is 76.5 Å². The van der Waals surface area contributed by atoms with E-state index in [-0.39, 0.29) is 109 Å². The standard InChI is InChI=1S/C61H72N3O12S3.2Na.O3S/c1-7-54(65)58(79(68,69)70)20-27-77-78-61(3,4)39-62(21-22-73-25-26-74-24-23-71-5)49-30-41(37-75-55-34-43-16-18-47-32-45-12-8-10-14-52(45)63(47)59(66)50(43)28-40(55)2)29-42(31-49)38-76-57-35-44-17-19-48-33-46-13-9-11-15-53(46)64(48)60(67)51(44)36-56(57)72-6;;;1-4(2)3/h8-15,19,28-31,34-36,47-48,58H,7,16-18,20-27,32-33,37-39H2,1-6H3,(H,68,69,70);;;/q-1;2*+1;/p-1/t47-,48-,58?;;;/m1.../s1. The van der Waals surface area contributed by atoms with Crippen LogP contribution in [0.25, 0.3) is 0 Å². The molecule has 0 aromatic heterocycles. The van der Waals surface area contributed by atoms with Gasteiger partial charge in [-0.05, 0) is 141 Å². The Labute approximate surface area is 552 Å². The molecule has 9 rings (SSSR count). The van der Waals surface area contributed by atoms with E-state index in [9.17, 15) is 27.4 Å². The van der Waals surface area contributed by atoms with Crippen LogP contribution in [0.4, 0.5) is 17.1 Å². The van der Waals surface area contributed by atoms with Crippen LogP contribution in [0.2, 0.25) is 0 Å². The van der Waals surface area contributed by atoms with Crippen molar-refractivity contribution in [3.8, 4) is 17.2 Å². The summed E-state index contributed by atoms with van der Waals surface area (Å²) in [6.45, 7) is 11.2. The van der Waals surface area contributed by atoms with Crippen LogP contribution in [-0.4, -0.2) is 131 Å². The van der Waals surface area contributed by atoms with Crippen molar-refractivity contribution in [1.29, 1.82) is 0 Å². The van der Waals surface area contributed by atoms with Gasteiger partial charge in [-0.3, -0.25) is 14.4 Å². The fraction of sp³-hybridized carbons (Fsp3) is 0.443. The number of anilines is 3. The Morgan fingerprint density at radius 3 is 2.01 bits per heavy atom. The van der Waals surface area contributed by atoms with Crippen molar-refractivity contribution in [3.63, 3.8) is 0 Å². The molecule has 85 heavy (non-hydrogen) atoms. The Morgan fingerprint density at radius 1 is 0.776 bits per heavy atom. The monoisotopic (exact) mass is 1260 g/mol. The van der Waals surface area contributed by atoms with Crippen LogP contribution in [0.1, 0.15) is 99.7 Å². The summed E-state index contributed by atoms with van der Waals surface area (Å²) < 4.78 is 97.2. The molecule has 446 valence electrons. The number of aryl methyl sites for hydroxylation is 2. The van der Waals surface area contributed by atoms with Crippen molar-refractivity contribution in [2.75, 3.05) is 80.8 Å². The Hall–Kier alpha value is -3.98. The number of hydrogen-bond acceptors (Lipinski definition) is 18. The van der Waals surface area contributed by atoms with Gasteiger partial charge in [-0.15, -0.1) is 12.6 Å². The largest absolute Gasteiger partial charge is 1.00 e. The minimum Gasteiger partial charge on any atom is -0.747 e. The molecule has 3 atom stereocenters. The fourth-order valence-electron chi connectivity index (χ4n) is 11.1. The molecule has 4 aliphatic heterocycles. The van der Waals surface area contributed by atoms with E-state index in [0.29, 0.717) is 86.7 Å². The van der Waals surface area contributed by atoms with E-state index in [1.54, 1.807) is 38.0 Å². The fourth-order valence-corrected chi connectivity index (χ4v) is 14.7. The van der Waals surface area contributed by atoms with Crippen LogP contribution < -0.4 is 88.0 Å². The second kappa shape index (κ2) is 32.5. The van der Waals surface area contributed by atoms with Gasteiger partial charge < -0.3 is 54.1 Å². The van der Waals surface area contributed by atoms with Gasteiger partial charge in [-0.25, -0.2) is 8.42 Å². The van der Waals surface area contributed by atoms with E-state index in [4.69, 9.17) is 41.0 Å². The number of nitrogens with zero attached hydrogens (tertiary/aromatic N) is 3. The smallest absolute Gasteiger partial charge is 0.747 e. The Morgan fingerprint density at radius 2 is 1.36 bits per heavy atom. The summed E-state index contributed by atoms with van der Waals surface area (Å²) >= 11 is 0. The van der Waals surface area contributed by atoms with Crippen LogP contribution in [0.15, 0.2) is 91.0 Å². The first-order chi connectivity index (χ1) is 39.8. The van der Waals surface area contributed by atoms with E-state index in [1.807, 2.05) is 71.3 Å². The predicted molar refractivity (Wildman–Crippen MR) is 320 cm³/mol. The molecule has 0 aliphatic carbocycles. The molecule has 0 saturated carbocycles. The van der Waals surface area contributed by atoms with Crippen molar-refractivity contribution in [3.05, 3.63) is 147 Å². The second-order valence-corrected chi connectivity index (χ2v) is 26.4. The van der Waals surface area contributed by atoms with Crippen molar-refractivity contribution in [1.82, 2.24) is 0 Å². The number of carbonyl (C=O) groups is 3. The van der Waals surface area contributed by atoms with Crippen molar-refractivity contribution < 1.29 is 128 Å². The number of Topliss-reactive ketones (excluding diaryl/α,β-unsaturated/α-hetero) is 1. The minimum atomic E-state index is -4.79. The first kappa shape index (κ1) is 70.1. The first-order valence-electron chi connectivity index (χ1n) is 27.6. The number of ether oxygens (including phenoxy) is 6. The molecule has 0 spiro atoms. The maximum absolute atomic E-state index is 14.3. The molecule has 0 radical (unpaired) electrons. The molecule has 24 heteroatoms. The predicted octanol–water partition coefficient (Wildman–Crippen LogP) is 2.94. The molecular weight excluding hydrogens is 1190 g/mol. The normalized spacial score (nSPS) is 16.0. The van der Waals surface area contributed by atoms with E-state index < -0.39 is 36.5 Å². The van der Waals surface area contributed by atoms with E-state index in [2.05, 4.69) is 55.5 Å². The maximum Gasteiger partial charge on any atom is 1.00 e. The molecule has 0 bridgehead atoms. The summed E-state index contributed by atoms with van der Waals surface area (Å²) in [6, 6.07) is 30.3. The van der Waals surface area contributed by atoms with Crippen LogP contribution in [-0.2, 0) is 78.6 Å².